The minimum atomic E-state index is 0.515. The Morgan fingerprint density at radius 1 is 1.30 bits per heavy atom. The van der Waals surface area contributed by atoms with Crippen molar-refractivity contribution in [3.63, 3.8) is 0 Å². The Hall–Kier alpha value is -0.900. The van der Waals surface area contributed by atoms with Gasteiger partial charge in [-0.15, -0.1) is 0 Å². The molecule has 4 heteroatoms. The molecule has 4 nitrogen and oxygen atoms in total. The molecule has 1 N–H and O–H groups in total. The molecule has 1 aliphatic carbocycles. The fraction of sp³-hybridized carbons (Fsp3) is 0.875. The molecule has 0 amide bonds. The quantitative estimate of drug-likeness (QED) is 0.827. The highest BCUT2D eigenvalue weighted by molar-refractivity contribution is 4.97. The molecule has 0 saturated heterocycles. The van der Waals surface area contributed by atoms with Gasteiger partial charge in [0.1, 0.15) is 0 Å². The summed E-state index contributed by atoms with van der Waals surface area (Å²) in [6.07, 6.45) is 8.15. The van der Waals surface area contributed by atoms with Gasteiger partial charge in [0, 0.05) is 18.4 Å². The van der Waals surface area contributed by atoms with Crippen LogP contribution < -0.4 is 5.32 Å². The highest BCUT2D eigenvalue weighted by atomic mass is 16.5. The molecule has 20 heavy (non-hydrogen) atoms. The Bertz CT molecular complexity index is 383. The Balaban J connectivity index is 1.77. The van der Waals surface area contributed by atoms with Crippen LogP contribution in [-0.2, 0) is 6.42 Å². The molecule has 1 atom stereocenters. The van der Waals surface area contributed by atoms with Crippen LogP contribution in [0.25, 0.3) is 0 Å². The van der Waals surface area contributed by atoms with Crippen LogP contribution >= 0.6 is 0 Å². The predicted molar refractivity (Wildman–Crippen MR) is 80.7 cm³/mol. The number of hydrogen-bond donors (Lipinski definition) is 1. The zero-order chi connectivity index (χ0) is 14.4. The average molecular weight is 279 g/mol. The van der Waals surface area contributed by atoms with Crippen LogP contribution in [0.15, 0.2) is 4.52 Å². The Kier molecular flexibility index (Phi) is 6.02. The van der Waals surface area contributed by atoms with Crippen LogP contribution in [0.5, 0.6) is 0 Å². The summed E-state index contributed by atoms with van der Waals surface area (Å²) in [6.45, 7) is 7.82. The van der Waals surface area contributed by atoms with Crippen molar-refractivity contribution in [3.8, 4) is 0 Å². The SMILES string of the molecule is CCCNC(C)CCc1nc(C2CCC(C)CC2)no1. The standard InChI is InChI=1S/C16H29N3O/c1-4-11-17-13(3)7-10-15-18-16(19-20-15)14-8-5-12(2)6-9-14/h12-14,17H,4-11H2,1-3H3. The van der Waals surface area contributed by atoms with Crippen LogP contribution in [0.1, 0.15) is 76.9 Å². The number of hydrogen-bond acceptors (Lipinski definition) is 4. The van der Waals surface area contributed by atoms with E-state index in [4.69, 9.17) is 4.52 Å². The molecule has 1 fully saturated rings. The summed E-state index contributed by atoms with van der Waals surface area (Å²) in [5.74, 6) is 3.15. The van der Waals surface area contributed by atoms with E-state index < -0.39 is 0 Å². The van der Waals surface area contributed by atoms with Gasteiger partial charge in [-0.1, -0.05) is 31.8 Å². The molecule has 0 aliphatic heterocycles. The van der Waals surface area contributed by atoms with E-state index in [-0.39, 0.29) is 0 Å². The van der Waals surface area contributed by atoms with E-state index in [1.54, 1.807) is 0 Å². The fourth-order valence-corrected chi connectivity index (χ4v) is 2.89. The molecular weight excluding hydrogens is 250 g/mol. The van der Waals surface area contributed by atoms with E-state index in [1.165, 1.54) is 32.1 Å². The highest BCUT2D eigenvalue weighted by Crippen LogP contribution is 2.34. The van der Waals surface area contributed by atoms with Crippen LogP contribution in [-0.4, -0.2) is 22.7 Å². The lowest BCUT2D eigenvalue weighted by molar-refractivity contribution is 0.322. The fourth-order valence-electron chi connectivity index (χ4n) is 2.89. The van der Waals surface area contributed by atoms with E-state index in [9.17, 15) is 0 Å². The second-order valence-corrected chi connectivity index (χ2v) is 6.40. The lowest BCUT2D eigenvalue weighted by Crippen LogP contribution is -2.27. The number of nitrogens with zero attached hydrogens (tertiary/aromatic N) is 2. The minimum absolute atomic E-state index is 0.515. The van der Waals surface area contributed by atoms with Crippen molar-refractivity contribution < 1.29 is 4.52 Å². The first-order valence-electron chi connectivity index (χ1n) is 8.25. The molecule has 1 aromatic heterocycles. The van der Waals surface area contributed by atoms with E-state index in [1.807, 2.05) is 0 Å². The summed E-state index contributed by atoms with van der Waals surface area (Å²) in [5.41, 5.74) is 0. The molecule has 1 heterocycles. The molecule has 1 aromatic rings. The van der Waals surface area contributed by atoms with Crippen molar-refractivity contribution in [1.29, 1.82) is 0 Å². The molecule has 1 unspecified atom stereocenters. The summed E-state index contributed by atoms with van der Waals surface area (Å²) in [5, 5.41) is 7.69. The Labute approximate surface area is 122 Å². The van der Waals surface area contributed by atoms with Crippen molar-refractivity contribution in [2.24, 2.45) is 5.92 Å². The van der Waals surface area contributed by atoms with Gasteiger partial charge in [-0.2, -0.15) is 4.98 Å². The minimum Gasteiger partial charge on any atom is -0.339 e. The number of rotatable bonds is 7. The van der Waals surface area contributed by atoms with Gasteiger partial charge in [-0.05, 0) is 45.1 Å². The predicted octanol–water partition coefficient (Wildman–Crippen LogP) is 3.68. The smallest absolute Gasteiger partial charge is 0.226 e. The lowest BCUT2D eigenvalue weighted by Gasteiger charge is -2.23. The van der Waals surface area contributed by atoms with Gasteiger partial charge < -0.3 is 9.84 Å². The van der Waals surface area contributed by atoms with Gasteiger partial charge in [0.15, 0.2) is 5.82 Å². The molecule has 1 aliphatic rings. The monoisotopic (exact) mass is 279 g/mol. The third-order valence-corrected chi connectivity index (χ3v) is 4.40. The van der Waals surface area contributed by atoms with E-state index in [0.717, 1.165) is 37.0 Å². The first-order chi connectivity index (χ1) is 9.69. The van der Waals surface area contributed by atoms with E-state index in [0.29, 0.717) is 12.0 Å². The van der Waals surface area contributed by atoms with Gasteiger partial charge in [0.2, 0.25) is 5.89 Å². The summed E-state index contributed by atoms with van der Waals surface area (Å²) < 4.78 is 5.41. The Morgan fingerprint density at radius 3 is 2.75 bits per heavy atom. The van der Waals surface area contributed by atoms with Gasteiger partial charge in [-0.25, -0.2) is 0 Å². The van der Waals surface area contributed by atoms with Crippen molar-refractivity contribution in [2.45, 2.75) is 77.7 Å². The second-order valence-electron chi connectivity index (χ2n) is 6.40. The summed E-state index contributed by atoms with van der Waals surface area (Å²) in [4.78, 5) is 4.61. The molecule has 0 bridgehead atoms. The summed E-state index contributed by atoms with van der Waals surface area (Å²) in [6, 6.07) is 0.515. The number of aryl methyl sites for hydroxylation is 1. The van der Waals surface area contributed by atoms with Gasteiger partial charge in [0.05, 0.1) is 0 Å². The van der Waals surface area contributed by atoms with E-state index >= 15 is 0 Å². The maximum Gasteiger partial charge on any atom is 0.226 e. The van der Waals surface area contributed by atoms with Crippen molar-refractivity contribution >= 4 is 0 Å². The maximum absolute atomic E-state index is 5.41. The molecule has 0 aromatic carbocycles. The molecular formula is C16H29N3O. The normalized spacial score (nSPS) is 24.8. The third-order valence-electron chi connectivity index (χ3n) is 4.40. The van der Waals surface area contributed by atoms with Crippen LogP contribution in [0, 0.1) is 5.92 Å². The highest BCUT2D eigenvalue weighted by Gasteiger charge is 2.23. The molecule has 114 valence electrons. The van der Waals surface area contributed by atoms with Gasteiger partial charge >= 0.3 is 0 Å². The van der Waals surface area contributed by atoms with Crippen molar-refractivity contribution in [3.05, 3.63) is 11.7 Å². The van der Waals surface area contributed by atoms with Crippen molar-refractivity contribution in [2.75, 3.05) is 6.54 Å². The molecule has 2 rings (SSSR count). The van der Waals surface area contributed by atoms with Gasteiger partial charge in [0.25, 0.3) is 0 Å². The zero-order valence-electron chi connectivity index (χ0n) is 13.2. The number of nitrogens with one attached hydrogen (secondary N) is 1. The topological polar surface area (TPSA) is 51.0 Å². The average Bonchev–Trinajstić information content (AvgIpc) is 2.92. The third kappa shape index (κ3) is 4.58. The lowest BCUT2D eigenvalue weighted by atomic mass is 9.83. The molecule has 0 radical (unpaired) electrons. The van der Waals surface area contributed by atoms with Crippen LogP contribution in [0.2, 0.25) is 0 Å². The van der Waals surface area contributed by atoms with Gasteiger partial charge in [-0.3, -0.25) is 0 Å². The van der Waals surface area contributed by atoms with Crippen LogP contribution in [0.4, 0.5) is 0 Å². The van der Waals surface area contributed by atoms with Crippen molar-refractivity contribution in [1.82, 2.24) is 15.5 Å². The largest absolute Gasteiger partial charge is 0.339 e. The number of aromatic nitrogens is 2. The van der Waals surface area contributed by atoms with E-state index in [2.05, 4.69) is 36.2 Å². The summed E-state index contributed by atoms with van der Waals surface area (Å²) in [7, 11) is 0. The first-order valence-corrected chi connectivity index (χ1v) is 8.25. The summed E-state index contributed by atoms with van der Waals surface area (Å²) >= 11 is 0. The zero-order valence-corrected chi connectivity index (χ0v) is 13.2. The van der Waals surface area contributed by atoms with Crippen LogP contribution in [0.3, 0.4) is 0 Å². The first kappa shape index (κ1) is 15.5. The maximum atomic E-state index is 5.41. The Morgan fingerprint density at radius 2 is 2.05 bits per heavy atom. The molecule has 0 spiro atoms. The second kappa shape index (κ2) is 7.77. The molecule has 1 saturated carbocycles.